The second-order valence-corrected chi connectivity index (χ2v) is 3.84. The van der Waals surface area contributed by atoms with Crippen LogP contribution >= 0.6 is 0 Å². The number of nitrogens with one attached hydrogen (secondary N) is 1. The zero-order chi connectivity index (χ0) is 12.5. The summed E-state index contributed by atoms with van der Waals surface area (Å²) < 4.78 is 18.8. The molecule has 3 heteroatoms. The van der Waals surface area contributed by atoms with E-state index >= 15 is 0 Å². The van der Waals surface area contributed by atoms with Crippen molar-refractivity contribution in [1.82, 2.24) is 5.32 Å². The average molecular weight is 237 g/mol. The molecular weight excluding hydrogens is 217 g/mol. The predicted octanol–water partition coefficient (Wildman–Crippen LogP) is 3.03. The quantitative estimate of drug-likeness (QED) is 0.554. The highest BCUT2D eigenvalue weighted by molar-refractivity contribution is 5.24. The van der Waals surface area contributed by atoms with Gasteiger partial charge in [-0.2, -0.15) is 0 Å². The Bertz CT molecular complexity index is 352. The van der Waals surface area contributed by atoms with Crippen molar-refractivity contribution in [3.05, 3.63) is 47.8 Å². The van der Waals surface area contributed by atoms with Crippen LogP contribution in [0.1, 0.15) is 24.5 Å². The molecule has 2 nitrogen and oxygen atoms in total. The van der Waals surface area contributed by atoms with Gasteiger partial charge in [0.15, 0.2) is 0 Å². The fourth-order valence-corrected chi connectivity index (χ4v) is 1.47. The second-order valence-electron chi connectivity index (χ2n) is 3.84. The van der Waals surface area contributed by atoms with Gasteiger partial charge < -0.3 is 10.1 Å². The zero-order valence-corrected chi connectivity index (χ0v) is 10.3. The van der Waals surface area contributed by atoms with E-state index in [-0.39, 0.29) is 5.82 Å². The maximum Gasteiger partial charge on any atom is 0.128 e. The summed E-state index contributed by atoms with van der Waals surface area (Å²) in [6, 6.07) is 5.15. The van der Waals surface area contributed by atoms with Crippen molar-refractivity contribution in [1.29, 1.82) is 0 Å². The molecule has 0 amide bonds. The van der Waals surface area contributed by atoms with Crippen LogP contribution in [0.3, 0.4) is 0 Å². The van der Waals surface area contributed by atoms with Crippen molar-refractivity contribution in [2.24, 2.45) is 0 Å². The smallest absolute Gasteiger partial charge is 0.128 e. The van der Waals surface area contributed by atoms with Gasteiger partial charge in [-0.15, -0.1) is 6.58 Å². The Morgan fingerprint density at radius 1 is 1.47 bits per heavy atom. The van der Waals surface area contributed by atoms with Crippen LogP contribution in [-0.2, 0) is 17.9 Å². The third kappa shape index (κ3) is 5.11. The minimum Gasteiger partial charge on any atom is -0.376 e. The molecule has 0 bridgehead atoms. The summed E-state index contributed by atoms with van der Waals surface area (Å²) >= 11 is 0. The van der Waals surface area contributed by atoms with Gasteiger partial charge in [0.2, 0.25) is 0 Å². The van der Waals surface area contributed by atoms with Crippen molar-refractivity contribution >= 4 is 0 Å². The van der Waals surface area contributed by atoms with Gasteiger partial charge in [-0.05, 0) is 30.7 Å². The van der Waals surface area contributed by atoms with Crippen LogP contribution in [0, 0.1) is 5.82 Å². The predicted molar refractivity (Wildman–Crippen MR) is 68.3 cm³/mol. The van der Waals surface area contributed by atoms with Crippen LogP contribution in [0.4, 0.5) is 4.39 Å². The number of hydrogen-bond donors (Lipinski definition) is 1. The SMILES string of the molecule is C=CCCOCc1cc(CNCC)ccc1F. The minimum absolute atomic E-state index is 0.205. The van der Waals surface area contributed by atoms with Gasteiger partial charge in [0.05, 0.1) is 13.2 Å². The molecule has 0 saturated heterocycles. The Morgan fingerprint density at radius 2 is 2.29 bits per heavy atom. The first kappa shape index (κ1) is 13.9. The number of benzene rings is 1. The second kappa shape index (κ2) is 7.98. The van der Waals surface area contributed by atoms with E-state index in [9.17, 15) is 4.39 Å². The molecule has 0 aromatic heterocycles. The van der Waals surface area contributed by atoms with Gasteiger partial charge in [-0.1, -0.05) is 19.1 Å². The fourth-order valence-electron chi connectivity index (χ4n) is 1.47. The van der Waals surface area contributed by atoms with Crippen LogP contribution in [0.25, 0.3) is 0 Å². The normalized spacial score (nSPS) is 10.5. The van der Waals surface area contributed by atoms with Crippen molar-refractivity contribution in [3.63, 3.8) is 0 Å². The molecule has 0 heterocycles. The summed E-state index contributed by atoms with van der Waals surface area (Å²) in [5.74, 6) is -0.205. The van der Waals surface area contributed by atoms with Gasteiger partial charge in [-0.3, -0.25) is 0 Å². The molecule has 0 fully saturated rings. The van der Waals surface area contributed by atoms with Gasteiger partial charge >= 0.3 is 0 Å². The lowest BCUT2D eigenvalue weighted by Crippen LogP contribution is -2.12. The van der Waals surface area contributed by atoms with E-state index < -0.39 is 0 Å². The molecule has 1 aromatic rings. The molecule has 0 aliphatic rings. The summed E-state index contributed by atoms with van der Waals surface area (Å²) in [5.41, 5.74) is 1.69. The molecule has 17 heavy (non-hydrogen) atoms. The highest BCUT2D eigenvalue weighted by Gasteiger charge is 2.03. The third-order valence-corrected chi connectivity index (χ3v) is 2.41. The molecule has 1 N–H and O–H groups in total. The zero-order valence-electron chi connectivity index (χ0n) is 10.3. The highest BCUT2D eigenvalue weighted by atomic mass is 19.1. The van der Waals surface area contributed by atoms with E-state index in [1.807, 2.05) is 13.0 Å². The van der Waals surface area contributed by atoms with Crippen LogP contribution < -0.4 is 5.32 Å². The largest absolute Gasteiger partial charge is 0.376 e. The Kier molecular flexibility index (Phi) is 6.51. The maximum atomic E-state index is 13.5. The third-order valence-electron chi connectivity index (χ3n) is 2.41. The van der Waals surface area contributed by atoms with E-state index in [1.54, 1.807) is 12.1 Å². The van der Waals surface area contributed by atoms with Gasteiger partial charge in [0.25, 0.3) is 0 Å². The molecule has 0 saturated carbocycles. The molecule has 0 aliphatic carbocycles. The van der Waals surface area contributed by atoms with Gasteiger partial charge in [0.1, 0.15) is 5.82 Å². The topological polar surface area (TPSA) is 21.3 Å². The summed E-state index contributed by atoms with van der Waals surface area (Å²) in [5, 5.41) is 3.21. The Labute approximate surface area is 102 Å². The number of rotatable bonds is 8. The van der Waals surface area contributed by atoms with E-state index in [2.05, 4.69) is 11.9 Å². The van der Waals surface area contributed by atoms with E-state index in [0.29, 0.717) is 18.8 Å². The van der Waals surface area contributed by atoms with Crippen LogP contribution in [-0.4, -0.2) is 13.2 Å². The first-order valence-corrected chi connectivity index (χ1v) is 5.94. The van der Waals surface area contributed by atoms with Crippen molar-refractivity contribution < 1.29 is 9.13 Å². The summed E-state index contributed by atoms with van der Waals surface area (Å²) in [6.07, 6.45) is 2.58. The van der Waals surface area contributed by atoms with Crippen LogP contribution in [0.15, 0.2) is 30.9 Å². The summed E-state index contributed by atoms with van der Waals surface area (Å²) in [4.78, 5) is 0. The minimum atomic E-state index is -0.205. The van der Waals surface area contributed by atoms with E-state index in [1.165, 1.54) is 6.07 Å². The molecule has 0 spiro atoms. The lowest BCUT2D eigenvalue weighted by Gasteiger charge is -2.08. The molecule has 0 aliphatic heterocycles. The number of halogens is 1. The van der Waals surface area contributed by atoms with E-state index in [0.717, 1.165) is 25.1 Å². The summed E-state index contributed by atoms with van der Waals surface area (Å²) in [7, 11) is 0. The molecular formula is C14H20FNO. The maximum absolute atomic E-state index is 13.5. The number of ether oxygens (including phenoxy) is 1. The Hall–Kier alpha value is -1.19. The molecule has 0 radical (unpaired) electrons. The first-order valence-electron chi connectivity index (χ1n) is 5.94. The van der Waals surface area contributed by atoms with Crippen molar-refractivity contribution in [3.8, 4) is 0 Å². The Balaban J connectivity index is 2.53. The van der Waals surface area contributed by atoms with E-state index in [4.69, 9.17) is 4.74 Å². The Morgan fingerprint density at radius 3 is 3.00 bits per heavy atom. The monoisotopic (exact) mass is 237 g/mol. The molecule has 1 aromatic carbocycles. The van der Waals surface area contributed by atoms with Crippen molar-refractivity contribution in [2.75, 3.05) is 13.2 Å². The molecule has 94 valence electrons. The first-order chi connectivity index (χ1) is 8.27. The number of hydrogen-bond acceptors (Lipinski definition) is 2. The van der Waals surface area contributed by atoms with Crippen molar-refractivity contribution in [2.45, 2.75) is 26.5 Å². The van der Waals surface area contributed by atoms with Gasteiger partial charge in [0, 0.05) is 12.1 Å². The van der Waals surface area contributed by atoms with Crippen LogP contribution in [0.2, 0.25) is 0 Å². The fraction of sp³-hybridized carbons (Fsp3) is 0.429. The summed E-state index contributed by atoms with van der Waals surface area (Å²) in [6.45, 7) is 8.22. The van der Waals surface area contributed by atoms with Crippen LogP contribution in [0.5, 0.6) is 0 Å². The molecule has 0 atom stereocenters. The lowest BCUT2D eigenvalue weighted by molar-refractivity contribution is 0.123. The average Bonchev–Trinajstić information content (AvgIpc) is 2.35. The molecule has 0 unspecified atom stereocenters. The lowest BCUT2D eigenvalue weighted by atomic mass is 10.1. The van der Waals surface area contributed by atoms with Gasteiger partial charge in [-0.25, -0.2) is 4.39 Å². The highest BCUT2D eigenvalue weighted by Crippen LogP contribution is 2.12. The standard InChI is InChI=1S/C14H20FNO/c1-3-5-8-17-11-13-9-12(10-16-4-2)6-7-14(13)15/h3,6-7,9,16H,1,4-5,8,10-11H2,2H3. The molecule has 1 rings (SSSR count).